The maximum Gasteiger partial charge on any atom is 0.289 e. The summed E-state index contributed by atoms with van der Waals surface area (Å²) in [5, 5.41) is 5.41. The van der Waals surface area contributed by atoms with E-state index in [1.54, 1.807) is 0 Å². The molecule has 2 saturated carbocycles. The zero-order valence-electron chi connectivity index (χ0n) is 54.8. The van der Waals surface area contributed by atoms with Crippen LogP contribution in [-0.2, 0) is 21.7 Å². The minimum atomic E-state index is -0.232. The second-order valence-electron chi connectivity index (χ2n) is 29.5. The number of hydrogen-bond donors (Lipinski definition) is 1. The first-order chi connectivity index (χ1) is 38.5. The van der Waals surface area contributed by atoms with E-state index in [1.807, 2.05) is 12.2 Å². The lowest BCUT2D eigenvalue weighted by Crippen LogP contribution is -2.48. The monoisotopic (exact) mass is 1100 g/mol. The average molecular weight is 1100 g/mol. The number of furan rings is 1. The van der Waals surface area contributed by atoms with Crippen molar-refractivity contribution in [1.82, 2.24) is 9.80 Å². The molecule has 2 aromatic carbocycles. The standard InChI is InChI=1S/C77H106BN3O/c1-23-29-32-52(8)70-66(36-35-60-71(70)75(19,20)38-37-74(60,17)18)81-54(10)64(46-55(30-24-2)51(7)27-5)78(69-47-56-45-62-63(49-68(56)82-69)77(22)41-39-76(62,21)40-42-77)65(67(81)44-53(9)80(43-26-4)58(28-6)31-25-3)50-79-57-33-34-59(72(11,12)13)61(48-57)73(14,15)16/h23,25-26,28-29,31-36,44-49,51,60,71,79H,1,4,8,24,27,30,37-43,50H2,2-3,5-7,9-22H3/b31-25-,32-29-,53-44+,55-46+,58-28+. The van der Waals surface area contributed by atoms with Gasteiger partial charge in [-0.2, -0.15) is 0 Å². The number of fused-ring (bicyclic) bond motifs is 4. The van der Waals surface area contributed by atoms with Gasteiger partial charge < -0.3 is 19.5 Å². The van der Waals surface area contributed by atoms with E-state index in [9.17, 15) is 0 Å². The molecule has 2 fully saturated rings. The van der Waals surface area contributed by atoms with Crippen LogP contribution in [0.2, 0.25) is 0 Å². The highest BCUT2D eigenvalue weighted by Crippen LogP contribution is 2.60. The molecule has 6 aliphatic rings. The Morgan fingerprint density at radius 3 is 2.09 bits per heavy atom. The van der Waals surface area contributed by atoms with Crippen molar-refractivity contribution in [2.75, 3.05) is 18.4 Å². The Hall–Kier alpha value is -5.68. The molecular weight excluding hydrogens is 994 g/mol. The van der Waals surface area contributed by atoms with Gasteiger partial charge in [-0.05, 0) is 222 Å². The second kappa shape index (κ2) is 23.8. The Morgan fingerprint density at radius 1 is 0.854 bits per heavy atom. The first-order valence-electron chi connectivity index (χ1n) is 31.7. The number of hydrogen-bond acceptors (Lipinski definition) is 4. The van der Waals surface area contributed by atoms with E-state index < -0.39 is 0 Å². The smallest absolute Gasteiger partial charge is 0.289 e. The summed E-state index contributed by atoms with van der Waals surface area (Å²) in [7, 11) is 0. The lowest BCUT2D eigenvalue weighted by molar-refractivity contribution is 0.0263. The van der Waals surface area contributed by atoms with Crippen molar-refractivity contribution in [2.24, 2.45) is 28.6 Å². The van der Waals surface area contributed by atoms with Gasteiger partial charge in [0.2, 0.25) is 0 Å². The van der Waals surface area contributed by atoms with Crippen LogP contribution in [0.4, 0.5) is 5.69 Å². The predicted molar refractivity (Wildman–Crippen MR) is 359 cm³/mol. The summed E-state index contributed by atoms with van der Waals surface area (Å²) >= 11 is 0. The lowest BCUT2D eigenvalue weighted by atomic mass is 9.35. The summed E-state index contributed by atoms with van der Waals surface area (Å²) in [5.41, 5.74) is 21.5. The molecule has 0 radical (unpaired) electrons. The third kappa shape index (κ3) is 11.9. The highest BCUT2D eigenvalue weighted by molar-refractivity contribution is 6.86. The molecule has 0 spiro atoms. The van der Waals surface area contributed by atoms with Gasteiger partial charge in [0.1, 0.15) is 5.58 Å². The molecule has 2 heterocycles. The number of anilines is 1. The van der Waals surface area contributed by atoms with Crippen LogP contribution in [0.15, 0.2) is 184 Å². The van der Waals surface area contributed by atoms with Crippen LogP contribution in [0.3, 0.4) is 0 Å². The Bertz CT molecular complexity index is 3190. The maximum absolute atomic E-state index is 7.63. The summed E-state index contributed by atoms with van der Waals surface area (Å²) in [6.45, 7) is 59.7. The van der Waals surface area contributed by atoms with Gasteiger partial charge in [-0.3, -0.25) is 0 Å². The molecule has 1 N–H and O–H groups in total. The van der Waals surface area contributed by atoms with Crippen LogP contribution in [0, 0.1) is 28.6 Å². The molecule has 1 aromatic heterocycles. The number of allylic oxidation sites excluding steroid dienone is 16. The Kier molecular flexibility index (Phi) is 18.1. The molecule has 3 atom stereocenters. The van der Waals surface area contributed by atoms with Crippen molar-refractivity contribution in [2.45, 2.75) is 211 Å². The number of nitrogens with zero attached hydrogens (tertiary/aromatic N) is 2. The molecule has 5 aliphatic carbocycles. The third-order valence-corrected chi connectivity index (χ3v) is 20.6. The highest BCUT2D eigenvalue weighted by atomic mass is 16.3. The second-order valence-corrected chi connectivity index (χ2v) is 29.5. The zero-order valence-corrected chi connectivity index (χ0v) is 54.8. The zero-order chi connectivity index (χ0) is 60.1. The Balaban J connectivity index is 1.55. The Labute approximate surface area is 500 Å². The van der Waals surface area contributed by atoms with E-state index in [4.69, 9.17) is 11.0 Å². The largest absolute Gasteiger partial charge is 0.470 e. The van der Waals surface area contributed by atoms with E-state index in [2.05, 4.69) is 251 Å². The molecule has 2 bridgehead atoms. The molecule has 5 heteroatoms. The van der Waals surface area contributed by atoms with Crippen molar-refractivity contribution in [1.29, 1.82) is 0 Å². The lowest BCUT2D eigenvalue weighted by Gasteiger charge is -2.55. The van der Waals surface area contributed by atoms with Gasteiger partial charge in [0.05, 0.1) is 5.66 Å². The van der Waals surface area contributed by atoms with E-state index in [-0.39, 0.29) is 45.1 Å². The van der Waals surface area contributed by atoms with Crippen LogP contribution in [0.25, 0.3) is 11.0 Å². The fourth-order valence-electron chi connectivity index (χ4n) is 15.1. The van der Waals surface area contributed by atoms with Crippen molar-refractivity contribution in [3.63, 3.8) is 0 Å². The fourth-order valence-corrected chi connectivity index (χ4v) is 15.1. The van der Waals surface area contributed by atoms with E-state index in [0.29, 0.717) is 24.9 Å². The van der Waals surface area contributed by atoms with Gasteiger partial charge in [-0.15, -0.1) is 6.58 Å². The molecule has 3 aromatic rings. The minimum absolute atomic E-state index is 0.000857. The molecule has 0 amide bonds. The van der Waals surface area contributed by atoms with Crippen molar-refractivity contribution >= 4 is 29.0 Å². The summed E-state index contributed by atoms with van der Waals surface area (Å²) in [6.07, 6.45) is 35.4. The molecule has 438 valence electrons. The summed E-state index contributed by atoms with van der Waals surface area (Å²) in [5.74, 6) is 0.941. The van der Waals surface area contributed by atoms with Crippen molar-refractivity contribution in [3.05, 3.63) is 201 Å². The van der Waals surface area contributed by atoms with E-state index >= 15 is 0 Å². The Morgan fingerprint density at radius 2 is 1.50 bits per heavy atom. The van der Waals surface area contributed by atoms with Crippen LogP contribution in [0.5, 0.6) is 0 Å². The topological polar surface area (TPSA) is 31.7 Å². The summed E-state index contributed by atoms with van der Waals surface area (Å²) in [6, 6.07) is 14.6. The maximum atomic E-state index is 7.63. The van der Waals surface area contributed by atoms with Crippen molar-refractivity contribution in [3.8, 4) is 0 Å². The van der Waals surface area contributed by atoms with Gasteiger partial charge in [-0.1, -0.05) is 184 Å². The van der Waals surface area contributed by atoms with Crippen LogP contribution in [0.1, 0.15) is 212 Å². The molecular formula is C77H106BN3O. The third-order valence-electron chi connectivity index (χ3n) is 20.6. The molecule has 3 unspecified atom stereocenters. The van der Waals surface area contributed by atoms with Crippen LogP contribution >= 0.6 is 0 Å². The van der Waals surface area contributed by atoms with Crippen LogP contribution in [-0.4, -0.2) is 29.6 Å². The molecule has 9 rings (SSSR count). The quantitative estimate of drug-likeness (QED) is 0.0736. The van der Waals surface area contributed by atoms with E-state index in [0.717, 1.165) is 65.3 Å². The highest BCUT2D eigenvalue weighted by Gasteiger charge is 2.52. The molecule has 82 heavy (non-hydrogen) atoms. The van der Waals surface area contributed by atoms with Gasteiger partial charge >= 0.3 is 0 Å². The molecule has 4 nitrogen and oxygen atoms in total. The van der Waals surface area contributed by atoms with Gasteiger partial charge in [0, 0.05) is 52.6 Å². The van der Waals surface area contributed by atoms with Crippen LogP contribution < -0.4 is 11.0 Å². The minimum Gasteiger partial charge on any atom is -0.470 e. The number of benzene rings is 2. The van der Waals surface area contributed by atoms with Gasteiger partial charge in [0.25, 0.3) is 6.71 Å². The van der Waals surface area contributed by atoms with Gasteiger partial charge in [0.15, 0.2) is 0 Å². The normalized spacial score (nSPS) is 24.5. The van der Waals surface area contributed by atoms with Gasteiger partial charge in [-0.25, -0.2) is 0 Å². The summed E-state index contributed by atoms with van der Waals surface area (Å²) < 4.78 is 7.63. The molecule has 0 saturated heterocycles. The predicted octanol–water partition coefficient (Wildman–Crippen LogP) is 20.7. The first kappa shape index (κ1) is 62.4. The molecule has 1 aliphatic heterocycles. The van der Waals surface area contributed by atoms with Crippen molar-refractivity contribution < 1.29 is 4.42 Å². The fraction of sp³-hybridized carbons (Fsp3) is 0.506. The SMILES string of the molecule is C=C/C=C\C(=C)C1=C(N2C(C)=C(/C=C(\CCC)C(C)CC)B(c3cc4cc5c(cc4o3)C3(C)CCC5(C)CC3)C(CNc3ccc(C(C)(C)C)c(C(C)(C)C)c3)=C2/C=C(\C)N(CC=C)C(/C=C\C)=C/C)C=CC2C1C(C)(C)CCC2(C)C. The number of rotatable bonds is 19. The average Bonchev–Trinajstić information content (AvgIpc) is 1.92. The summed E-state index contributed by atoms with van der Waals surface area (Å²) in [4.78, 5) is 5.09. The number of nitrogens with one attached hydrogen (secondary N) is 1. The van der Waals surface area contributed by atoms with E-state index in [1.165, 1.54) is 93.2 Å². The first-order valence-corrected chi connectivity index (χ1v) is 31.7.